The van der Waals surface area contributed by atoms with Crippen molar-refractivity contribution < 1.29 is 9.53 Å². The predicted octanol–water partition coefficient (Wildman–Crippen LogP) is 4.02. The van der Waals surface area contributed by atoms with Crippen LogP contribution in [0.15, 0.2) is 42.5 Å². The van der Waals surface area contributed by atoms with Gasteiger partial charge in [0.05, 0.1) is 0 Å². The van der Waals surface area contributed by atoms with Crippen LogP contribution in [0.25, 0.3) is 0 Å². The van der Waals surface area contributed by atoms with Gasteiger partial charge in [-0.2, -0.15) is 0 Å². The molecule has 0 heterocycles. The van der Waals surface area contributed by atoms with Crippen molar-refractivity contribution >= 4 is 11.6 Å². The van der Waals surface area contributed by atoms with Crippen molar-refractivity contribution in [1.29, 1.82) is 0 Å². The number of nitrogens with one attached hydrogen (secondary N) is 1. The highest BCUT2D eigenvalue weighted by molar-refractivity contribution is 5.94. The molecule has 2 aromatic rings. The molecule has 0 aromatic heterocycles. The Labute approximate surface area is 126 Å². The molecule has 0 unspecified atom stereocenters. The summed E-state index contributed by atoms with van der Waals surface area (Å²) in [5.41, 5.74) is 4.07. The van der Waals surface area contributed by atoms with E-state index in [1.807, 2.05) is 57.2 Å². The second-order valence-corrected chi connectivity index (χ2v) is 5.39. The maximum Gasteiger partial charge on any atom is 0.265 e. The number of aryl methyl sites for hydroxylation is 3. The molecule has 0 bridgehead atoms. The van der Waals surface area contributed by atoms with E-state index >= 15 is 0 Å². The minimum absolute atomic E-state index is 0.150. The van der Waals surface area contributed by atoms with Gasteiger partial charge in [0.2, 0.25) is 0 Å². The highest BCUT2D eigenvalue weighted by Gasteiger charge is 2.15. The number of carbonyl (C=O) groups excluding carboxylic acids is 1. The Morgan fingerprint density at radius 3 is 2.29 bits per heavy atom. The summed E-state index contributed by atoms with van der Waals surface area (Å²) in [6.45, 7) is 7.74. The second-order valence-electron chi connectivity index (χ2n) is 5.39. The van der Waals surface area contributed by atoms with Crippen LogP contribution in [0.2, 0.25) is 0 Å². The quantitative estimate of drug-likeness (QED) is 0.920. The molecule has 0 fully saturated rings. The summed E-state index contributed by atoms with van der Waals surface area (Å²) in [6.07, 6.45) is -0.549. The van der Waals surface area contributed by atoms with E-state index in [1.54, 1.807) is 6.92 Å². The molecule has 0 saturated carbocycles. The maximum atomic E-state index is 12.2. The summed E-state index contributed by atoms with van der Waals surface area (Å²) in [7, 11) is 0. The molecule has 0 spiro atoms. The average Bonchev–Trinajstić information content (AvgIpc) is 2.40. The minimum Gasteiger partial charge on any atom is -0.481 e. The summed E-state index contributed by atoms with van der Waals surface area (Å²) in [5, 5.41) is 2.90. The van der Waals surface area contributed by atoms with Crippen LogP contribution in [0.1, 0.15) is 23.6 Å². The molecule has 2 rings (SSSR count). The number of anilines is 1. The van der Waals surface area contributed by atoms with E-state index in [2.05, 4.69) is 11.4 Å². The van der Waals surface area contributed by atoms with Gasteiger partial charge in [-0.3, -0.25) is 4.79 Å². The Balaban J connectivity index is 2.04. The van der Waals surface area contributed by atoms with Gasteiger partial charge in [0, 0.05) is 5.69 Å². The fraction of sp³-hybridized carbons (Fsp3) is 0.278. The molecule has 3 heteroatoms. The van der Waals surface area contributed by atoms with E-state index in [9.17, 15) is 4.79 Å². The highest BCUT2D eigenvalue weighted by Crippen LogP contribution is 2.19. The number of rotatable bonds is 4. The van der Waals surface area contributed by atoms with Gasteiger partial charge >= 0.3 is 0 Å². The molecule has 2 aromatic carbocycles. The average molecular weight is 283 g/mol. The van der Waals surface area contributed by atoms with Crippen molar-refractivity contribution in [3.05, 3.63) is 59.2 Å². The standard InChI is InChI=1S/C18H21NO2/c1-12-9-13(2)11-16(10-12)19-18(20)15(4)21-17-8-6-5-7-14(17)3/h5-11,15H,1-4H3,(H,19,20)/t15-/m0/s1. The van der Waals surface area contributed by atoms with Crippen molar-refractivity contribution in [3.8, 4) is 5.75 Å². The van der Waals surface area contributed by atoms with Gasteiger partial charge in [-0.25, -0.2) is 0 Å². The monoisotopic (exact) mass is 283 g/mol. The van der Waals surface area contributed by atoms with E-state index in [4.69, 9.17) is 4.74 Å². The predicted molar refractivity (Wildman–Crippen MR) is 85.8 cm³/mol. The molecule has 21 heavy (non-hydrogen) atoms. The summed E-state index contributed by atoms with van der Waals surface area (Å²) < 4.78 is 5.73. The Bertz CT molecular complexity index is 629. The summed E-state index contributed by atoms with van der Waals surface area (Å²) in [5.74, 6) is 0.587. The van der Waals surface area contributed by atoms with Crippen LogP contribution in [0.4, 0.5) is 5.69 Å². The van der Waals surface area contributed by atoms with Crippen LogP contribution in [-0.2, 0) is 4.79 Å². The Kier molecular flexibility index (Phi) is 4.63. The molecule has 0 aliphatic rings. The molecule has 1 N–H and O–H groups in total. The number of benzene rings is 2. The minimum atomic E-state index is -0.549. The second kappa shape index (κ2) is 6.44. The first kappa shape index (κ1) is 15.1. The third kappa shape index (κ3) is 4.09. The first-order chi connectivity index (χ1) is 9.95. The summed E-state index contributed by atoms with van der Waals surface area (Å²) in [6, 6.07) is 13.7. The van der Waals surface area contributed by atoms with Gasteiger partial charge in [0.1, 0.15) is 5.75 Å². The van der Waals surface area contributed by atoms with Gasteiger partial charge < -0.3 is 10.1 Å². The van der Waals surface area contributed by atoms with Crippen molar-refractivity contribution in [2.24, 2.45) is 0 Å². The number of para-hydroxylation sites is 1. The summed E-state index contributed by atoms with van der Waals surface area (Å²) in [4.78, 5) is 12.2. The first-order valence-electron chi connectivity index (χ1n) is 7.07. The van der Waals surface area contributed by atoms with Crippen LogP contribution in [-0.4, -0.2) is 12.0 Å². The van der Waals surface area contributed by atoms with Crippen LogP contribution in [0.5, 0.6) is 5.75 Å². The van der Waals surface area contributed by atoms with E-state index in [-0.39, 0.29) is 5.91 Å². The molecule has 0 aliphatic heterocycles. The van der Waals surface area contributed by atoms with E-state index in [1.165, 1.54) is 0 Å². The zero-order valence-corrected chi connectivity index (χ0v) is 12.9. The van der Waals surface area contributed by atoms with Crippen LogP contribution in [0.3, 0.4) is 0 Å². The van der Waals surface area contributed by atoms with Crippen molar-refractivity contribution in [3.63, 3.8) is 0 Å². The largest absolute Gasteiger partial charge is 0.481 e. The highest BCUT2D eigenvalue weighted by atomic mass is 16.5. The Hall–Kier alpha value is -2.29. The lowest BCUT2D eigenvalue weighted by atomic mass is 10.1. The molecule has 3 nitrogen and oxygen atoms in total. The fourth-order valence-electron chi connectivity index (χ4n) is 2.22. The Morgan fingerprint density at radius 1 is 1.05 bits per heavy atom. The molecule has 0 aliphatic carbocycles. The van der Waals surface area contributed by atoms with Crippen molar-refractivity contribution in [2.75, 3.05) is 5.32 Å². The lowest BCUT2D eigenvalue weighted by Gasteiger charge is -2.16. The lowest BCUT2D eigenvalue weighted by Crippen LogP contribution is -2.30. The molecular weight excluding hydrogens is 262 g/mol. The van der Waals surface area contributed by atoms with Gasteiger partial charge in [-0.15, -0.1) is 0 Å². The normalized spacial score (nSPS) is 11.8. The maximum absolute atomic E-state index is 12.2. The number of amides is 1. The van der Waals surface area contributed by atoms with E-state index in [0.29, 0.717) is 0 Å². The molecule has 110 valence electrons. The third-order valence-corrected chi connectivity index (χ3v) is 3.26. The zero-order chi connectivity index (χ0) is 15.4. The smallest absolute Gasteiger partial charge is 0.265 e. The zero-order valence-electron chi connectivity index (χ0n) is 12.9. The van der Waals surface area contributed by atoms with Gasteiger partial charge in [0.15, 0.2) is 6.10 Å². The van der Waals surface area contributed by atoms with Crippen molar-refractivity contribution in [1.82, 2.24) is 0 Å². The summed E-state index contributed by atoms with van der Waals surface area (Å²) >= 11 is 0. The van der Waals surface area contributed by atoms with Gasteiger partial charge in [-0.05, 0) is 62.6 Å². The van der Waals surface area contributed by atoms with Gasteiger partial charge in [-0.1, -0.05) is 24.3 Å². The van der Waals surface area contributed by atoms with Crippen LogP contribution in [0, 0.1) is 20.8 Å². The molecule has 1 atom stereocenters. The topological polar surface area (TPSA) is 38.3 Å². The molecule has 1 amide bonds. The molecule has 0 saturated heterocycles. The number of ether oxygens (including phenoxy) is 1. The Morgan fingerprint density at radius 2 is 1.67 bits per heavy atom. The number of hydrogen-bond donors (Lipinski definition) is 1. The molecule has 0 radical (unpaired) electrons. The van der Waals surface area contributed by atoms with E-state index in [0.717, 1.165) is 28.1 Å². The van der Waals surface area contributed by atoms with Crippen molar-refractivity contribution in [2.45, 2.75) is 33.8 Å². The fourth-order valence-corrected chi connectivity index (χ4v) is 2.22. The lowest BCUT2D eigenvalue weighted by molar-refractivity contribution is -0.122. The SMILES string of the molecule is Cc1cc(C)cc(NC(=O)[C@H](C)Oc2ccccc2C)c1. The van der Waals surface area contributed by atoms with Crippen LogP contribution >= 0.6 is 0 Å². The number of hydrogen-bond acceptors (Lipinski definition) is 2. The number of carbonyl (C=O) groups is 1. The van der Waals surface area contributed by atoms with E-state index < -0.39 is 6.10 Å². The third-order valence-electron chi connectivity index (χ3n) is 3.26. The molecular formula is C18H21NO2. The van der Waals surface area contributed by atoms with Gasteiger partial charge in [0.25, 0.3) is 5.91 Å². The van der Waals surface area contributed by atoms with Crippen LogP contribution < -0.4 is 10.1 Å². The first-order valence-corrected chi connectivity index (χ1v) is 7.07.